The Morgan fingerprint density at radius 2 is 1.88 bits per heavy atom. The maximum absolute atomic E-state index is 12.0. The zero-order valence-corrected chi connectivity index (χ0v) is 14.6. The zero-order chi connectivity index (χ0) is 18.4. The van der Waals surface area contributed by atoms with Crippen molar-refractivity contribution in [3.63, 3.8) is 0 Å². The van der Waals surface area contributed by atoms with Crippen LogP contribution >= 0.6 is 0 Å². The van der Waals surface area contributed by atoms with Crippen LogP contribution in [-0.4, -0.2) is 38.4 Å². The molecule has 1 unspecified atom stereocenters. The lowest BCUT2D eigenvalue weighted by molar-refractivity contribution is -0.140. The molecule has 0 spiro atoms. The summed E-state index contributed by atoms with van der Waals surface area (Å²) in [6, 6.07) is 16.9. The topological polar surface area (TPSA) is 65.1 Å². The molecule has 1 aliphatic heterocycles. The lowest BCUT2D eigenvalue weighted by atomic mass is 10.1. The Balaban J connectivity index is 1.49. The summed E-state index contributed by atoms with van der Waals surface area (Å²) in [7, 11) is 1.38. The highest BCUT2D eigenvalue weighted by molar-refractivity contribution is 5.89. The normalized spacial score (nSPS) is 16.3. The van der Waals surface area contributed by atoms with Gasteiger partial charge >= 0.3 is 12.1 Å². The summed E-state index contributed by atoms with van der Waals surface area (Å²) < 4.78 is 15.7. The van der Waals surface area contributed by atoms with Gasteiger partial charge in [-0.15, -0.1) is 0 Å². The molecule has 0 bridgehead atoms. The minimum Gasteiger partial charge on any atom is -0.490 e. The molecule has 0 saturated carbocycles. The Kier molecular flexibility index (Phi) is 5.73. The fourth-order valence-corrected chi connectivity index (χ4v) is 2.72. The van der Waals surface area contributed by atoms with E-state index in [0.29, 0.717) is 25.1 Å². The molecule has 1 heterocycles. The number of aryl methyl sites for hydroxylation is 1. The van der Waals surface area contributed by atoms with Crippen molar-refractivity contribution in [1.29, 1.82) is 0 Å². The number of carbonyl (C=O) groups excluding carboxylic acids is 2. The number of carbonyl (C=O) groups is 2. The predicted molar refractivity (Wildman–Crippen MR) is 96.3 cm³/mol. The average molecular weight is 355 g/mol. The van der Waals surface area contributed by atoms with Gasteiger partial charge in [0, 0.05) is 12.1 Å². The third-order valence-electron chi connectivity index (χ3n) is 4.15. The highest BCUT2D eigenvalue weighted by atomic mass is 16.6. The van der Waals surface area contributed by atoms with Crippen LogP contribution in [-0.2, 0) is 20.7 Å². The van der Waals surface area contributed by atoms with E-state index < -0.39 is 0 Å². The molecule has 0 aliphatic carbocycles. The van der Waals surface area contributed by atoms with E-state index in [9.17, 15) is 9.59 Å². The van der Waals surface area contributed by atoms with E-state index in [1.54, 1.807) is 4.90 Å². The zero-order valence-electron chi connectivity index (χ0n) is 14.6. The van der Waals surface area contributed by atoms with Gasteiger partial charge in [-0.05, 0) is 36.2 Å². The molecule has 0 aromatic heterocycles. The molecule has 6 nitrogen and oxygen atoms in total. The van der Waals surface area contributed by atoms with E-state index in [1.807, 2.05) is 54.6 Å². The van der Waals surface area contributed by atoms with Crippen LogP contribution in [0.5, 0.6) is 5.75 Å². The van der Waals surface area contributed by atoms with Gasteiger partial charge in [-0.1, -0.05) is 30.3 Å². The molecule has 3 rings (SSSR count). The highest BCUT2D eigenvalue weighted by Crippen LogP contribution is 2.22. The molecule has 1 atom stereocenters. The number of cyclic esters (lactones) is 1. The van der Waals surface area contributed by atoms with Crippen LogP contribution in [0.2, 0.25) is 0 Å². The third-order valence-corrected chi connectivity index (χ3v) is 4.15. The van der Waals surface area contributed by atoms with Gasteiger partial charge in [0.15, 0.2) is 6.10 Å². The second kappa shape index (κ2) is 8.38. The molecule has 1 amide bonds. The molecule has 0 N–H and O–H groups in total. The van der Waals surface area contributed by atoms with Gasteiger partial charge < -0.3 is 14.2 Å². The first-order valence-electron chi connectivity index (χ1n) is 8.47. The van der Waals surface area contributed by atoms with Gasteiger partial charge in [-0.25, -0.2) is 4.79 Å². The number of para-hydroxylation sites is 1. The molecule has 0 radical (unpaired) electrons. The number of anilines is 1. The molecule has 1 fully saturated rings. The Hall–Kier alpha value is -3.02. The van der Waals surface area contributed by atoms with Gasteiger partial charge in [0.25, 0.3) is 0 Å². The van der Waals surface area contributed by atoms with Crippen LogP contribution in [0, 0.1) is 0 Å². The van der Waals surface area contributed by atoms with E-state index in [4.69, 9.17) is 9.47 Å². The summed E-state index contributed by atoms with van der Waals surface area (Å²) in [4.78, 5) is 24.8. The van der Waals surface area contributed by atoms with Crippen molar-refractivity contribution in [1.82, 2.24) is 0 Å². The van der Waals surface area contributed by atoms with Crippen LogP contribution in [0.3, 0.4) is 0 Å². The Bertz CT molecular complexity index is 745. The SMILES string of the molecule is COC(=O)CCc1ccc(OCC2CN(c3ccccc3)C(=O)O2)cc1. The van der Waals surface area contributed by atoms with Gasteiger partial charge in [-0.3, -0.25) is 9.69 Å². The fraction of sp³-hybridized carbons (Fsp3) is 0.300. The number of ether oxygens (including phenoxy) is 3. The summed E-state index contributed by atoms with van der Waals surface area (Å²) in [5.41, 5.74) is 1.85. The van der Waals surface area contributed by atoms with Crippen molar-refractivity contribution in [2.75, 3.05) is 25.2 Å². The van der Waals surface area contributed by atoms with Crippen molar-refractivity contribution >= 4 is 17.7 Å². The minimum atomic E-state index is -0.358. The first-order valence-corrected chi connectivity index (χ1v) is 8.47. The van der Waals surface area contributed by atoms with Crippen LogP contribution in [0.25, 0.3) is 0 Å². The van der Waals surface area contributed by atoms with Crippen LogP contribution in [0.1, 0.15) is 12.0 Å². The summed E-state index contributed by atoms with van der Waals surface area (Å²) >= 11 is 0. The first-order chi connectivity index (χ1) is 12.7. The number of esters is 1. The number of amides is 1. The summed E-state index contributed by atoms with van der Waals surface area (Å²) in [6.45, 7) is 0.747. The fourth-order valence-electron chi connectivity index (χ4n) is 2.72. The van der Waals surface area contributed by atoms with Gasteiger partial charge in [-0.2, -0.15) is 0 Å². The average Bonchev–Trinajstić information content (AvgIpc) is 3.06. The lowest BCUT2D eigenvalue weighted by Gasteiger charge is -2.13. The van der Waals surface area contributed by atoms with Crippen molar-refractivity contribution in [2.24, 2.45) is 0 Å². The van der Waals surface area contributed by atoms with Gasteiger partial charge in [0.2, 0.25) is 0 Å². The summed E-state index contributed by atoms with van der Waals surface area (Å²) in [5.74, 6) is 0.470. The smallest absolute Gasteiger partial charge is 0.414 e. The second-order valence-corrected chi connectivity index (χ2v) is 5.98. The van der Waals surface area contributed by atoms with Crippen LogP contribution in [0.15, 0.2) is 54.6 Å². The van der Waals surface area contributed by atoms with E-state index in [0.717, 1.165) is 11.3 Å². The van der Waals surface area contributed by atoms with E-state index in [1.165, 1.54) is 7.11 Å². The Labute approximate surface area is 152 Å². The molecule has 1 aliphatic rings. The maximum Gasteiger partial charge on any atom is 0.414 e. The second-order valence-electron chi connectivity index (χ2n) is 5.98. The Morgan fingerprint density at radius 3 is 2.58 bits per heavy atom. The molecule has 6 heteroatoms. The van der Waals surface area contributed by atoms with Crippen molar-refractivity contribution < 1.29 is 23.8 Å². The van der Waals surface area contributed by atoms with Gasteiger partial charge in [0.1, 0.15) is 12.4 Å². The molecular weight excluding hydrogens is 334 g/mol. The van der Waals surface area contributed by atoms with Crippen molar-refractivity contribution in [2.45, 2.75) is 18.9 Å². The first kappa shape index (κ1) is 17.8. The largest absolute Gasteiger partial charge is 0.490 e. The number of rotatable bonds is 7. The Morgan fingerprint density at radius 1 is 1.15 bits per heavy atom. The van der Waals surface area contributed by atoms with Crippen LogP contribution < -0.4 is 9.64 Å². The number of hydrogen-bond acceptors (Lipinski definition) is 5. The predicted octanol–water partition coefficient (Wildman–Crippen LogP) is 3.20. The quantitative estimate of drug-likeness (QED) is 0.714. The molecule has 2 aromatic carbocycles. The van der Waals surface area contributed by atoms with Crippen molar-refractivity contribution in [3.8, 4) is 5.75 Å². The lowest BCUT2D eigenvalue weighted by Crippen LogP contribution is -2.26. The standard InChI is InChI=1S/C20H21NO5/c1-24-19(22)12-9-15-7-10-17(11-8-15)25-14-18-13-21(20(23)26-18)16-5-3-2-4-6-16/h2-8,10-11,18H,9,12-14H2,1H3. The number of hydrogen-bond donors (Lipinski definition) is 0. The van der Waals surface area contributed by atoms with Crippen molar-refractivity contribution in [3.05, 3.63) is 60.2 Å². The van der Waals surface area contributed by atoms with Gasteiger partial charge in [0.05, 0.1) is 13.7 Å². The summed E-state index contributed by atoms with van der Waals surface area (Å²) in [6.07, 6.45) is 0.299. The summed E-state index contributed by atoms with van der Waals surface area (Å²) in [5, 5.41) is 0. The third kappa shape index (κ3) is 4.53. The monoisotopic (exact) mass is 355 g/mol. The highest BCUT2D eigenvalue weighted by Gasteiger charge is 2.32. The number of methoxy groups -OCH3 is 1. The molecular formula is C20H21NO5. The molecule has 2 aromatic rings. The van der Waals surface area contributed by atoms with E-state index in [-0.39, 0.29) is 24.8 Å². The number of nitrogens with zero attached hydrogens (tertiary/aromatic N) is 1. The number of benzene rings is 2. The molecule has 136 valence electrons. The van der Waals surface area contributed by atoms with E-state index in [2.05, 4.69) is 4.74 Å². The molecule has 26 heavy (non-hydrogen) atoms. The van der Waals surface area contributed by atoms with E-state index >= 15 is 0 Å². The maximum atomic E-state index is 12.0. The minimum absolute atomic E-state index is 0.226. The van der Waals surface area contributed by atoms with Crippen LogP contribution in [0.4, 0.5) is 10.5 Å². The molecule has 1 saturated heterocycles.